The average Bonchev–Trinajstić information content (AvgIpc) is 2.17. The molecule has 1 aromatic carbocycles. The van der Waals surface area contributed by atoms with Crippen molar-refractivity contribution < 1.29 is 0 Å². The van der Waals surface area contributed by atoms with Crippen molar-refractivity contribution in [1.82, 2.24) is 0 Å². The Morgan fingerprint density at radius 2 is 1.62 bits per heavy atom. The number of nitrogens with zero attached hydrogens (tertiary/aromatic N) is 1. The van der Waals surface area contributed by atoms with Crippen molar-refractivity contribution >= 4 is 0 Å². The maximum Gasteiger partial charge on any atom is 0.0991 e. The summed E-state index contributed by atoms with van der Waals surface area (Å²) in [6.07, 6.45) is 0. The first kappa shape index (κ1) is 9.80. The molecule has 0 bridgehead atoms. The monoisotopic (exact) mass is 173 g/mol. The van der Waals surface area contributed by atoms with Gasteiger partial charge in [0.25, 0.3) is 0 Å². The molecule has 0 aromatic heterocycles. The van der Waals surface area contributed by atoms with Crippen molar-refractivity contribution in [3.8, 4) is 6.07 Å². The van der Waals surface area contributed by atoms with Crippen molar-refractivity contribution in [3.05, 3.63) is 35.4 Å². The molecule has 0 amide bonds. The normalized spacial score (nSPS) is 12.5. The second-order valence-corrected chi connectivity index (χ2v) is 3.77. The summed E-state index contributed by atoms with van der Waals surface area (Å²) in [5.74, 6) is 1.21. The zero-order chi connectivity index (χ0) is 9.84. The molecule has 0 spiro atoms. The zero-order valence-corrected chi connectivity index (χ0v) is 8.41. The smallest absolute Gasteiger partial charge is 0.0991 e. The number of nitriles is 1. The van der Waals surface area contributed by atoms with Crippen LogP contribution in [0.1, 0.15) is 37.8 Å². The van der Waals surface area contributed by atoms with Crippen LogP contribution in [0.2, 0.25) is 0 Å². The van der Waals surface area contributed by atoms with Gasteiger partial charge in [-0.3, -0.25) is 0 Å². The van der Waals surface area contributed by atoms with Gasteiger partial charge in [-0.05, 0) is 29.5 Å². The molecule has 0 aliphatic carbocycles. The lowest BCUT2D eigenvalue weighted by atomic mass is 9.90. The Kier molecular flexibility index (Phi) is 3.08. The number of hydrogen-bond donors (Lipinski definition) is 0. The zero-order valence-electron chi connectivity index (χ0n) is 8.41. The van der Waals surface area contributed by atoms with E-state index in [1.54, 1.807) is 0 Å². The summed E-state index contributed by atoms with van der Waals surface area (Å²) < 4.78 is 0. The molecule has 0 saturated carbocycles. The quantitative estimate of drug-likeness (QED) is 0.673. The first-order chi connectivity index (χ1) is 6.15. The van der Waals surface area contributed by atoms with Gasteiger partial charge in [-0.2, -0.15) is 5.26 Å². The van der Waals surface area contributed by atoms with Crippen LogP contribution < -0.4 is 0 Å². The molecule has 1 nitrogen and oxygen atoms in total. The first-order valence-corrected chi connectivity index (χ1v) is 4.65. The van der Waals surface area contributed by atoms with Crippen LogP contribution in [0.3, 0.4) is 0 Å². The third-order valence-corrected chi connectivity index (χ3v) is 2.57. The standard InChI is InChI=1S/C12H15N/c1-9(2)10(3)12-6-4-11(8-13)5-7-12/h4-7,9-10H,1-3H3/t10-/m1/s1. The van der Waals surface area contributed by atoms with Gasteiger partial charge in [0, 0.05) is 0 Å². The van der Waals surface area contributed by atoms with Crippen LogP contribution in [0.25, 0.3) is 0 Å². The van der Waals surface area contributed by atoms with Gasteiger partial charge in [0.1, 0.15) is 0 Å². The Hall–Kier alpha value is -1.29. The maximum absolute atomic E-state index is 8.63. The van der Waals surface area contributed by atoms with E-state index in [2.05, 4.69) is 26.8 Å². The van der Waals surface area contributed by atoms with Gasteiger partial charge in [-0.15, -0.1) is 0 Å². The van der Waals surface area contributed by atoms with Crippen molar-refractivity contribution in [2.24, 2.45) is 5.92 Å². The lowest BCUT2D eigenvalue weighted by Crippen LogP contribution is -2.01. The van der Waals surface area contributed by atoms with Gasteiger partial charge in [-0.25, -0.2) is 0 Å². The van der Waals surface area contributed by atoms with Crippen molar-refractivity contribution in [3.63, 3.8) is 0 Å². The van der Waals surface area contributed by atoms with Crippen molar-refractivity contribution in [1.29, 1.82) is 5.26 Å². The highest BCUT2D eigenvalue weighted by Crippen LogP contribution is 2.23. The fraction of sp³-hybridized carbons (Fsp3) is 0.417. The predicted octanol–water partition coefficient (Wildman–Crippen LogP) is 3.32. The fourth-order valence-corrected chi connectivity index (χ4v) is 1.25. The summed E-state index contributed by atoms with van der Waals surface area (Å²) in [6, 6.07) is 9.98. The summed E-state index contributed by atoms with van der Waals surface area (Å²) in [6.45, 7) is 6.64. The first-order valence-electron chi connectivity index (χ1n) is 4.65. The van der Waals surface area contributed by atoms with Crippen LogP contribution in [0.4, 0.5) is 0 Å². The number of benzene rings is 1. The SMILES string of the molecule is CC(C)[C@@H](C)c1ccc(C#N)cc1. The Morgan fingerprint density at radius 1 is 1.08 bits per heavy atom. The van der Waals surface area contributed by atoms with Crippen LogP contribution in [0, 0.1) is 17.2 Å². The molecule has 0 N–H and O–H groups in total. The Morgan fingerprint density at radius 3 is 2.00 bits per heavy atom. The highest BCUT2D eigenvalue weighted by atomic mass is 14.2. The summed E-state index contributed by atoms with van der Waals surface area (Å²) in [5.41, 5.74) is 2.05. The third kappa shape index (κ3) is 2.32. The summed E-state index contributed by atoms with van der Waals surface area (Å²) in [5, 5.41) is 8.63. The Bertz CT molecular complexity index is 303. The molecule has 0 fully saturated rings. The van der Waals surface area contributed by atoms with Crippen molar-refractivity contribution in [2.45, 2.75) is 26.7 Å². The van der Waals surface area contributed by atoms with Gasteiger partial charge in [0.05, 0.1) is 11.6 Å². The van der Waals surface area contributed by atoms with Gasteiger partial charge in [0.15, 0.2) is 0 Å². The van der Waals surface area contributed by atoms with E-state index in [0.717, 1.165) is 5.56 Å². The number of hydrogen-bond acceptors (Lipinski definition) is 1. The summed E-state index contributed by atoms with van der Waals surface area (Å²) in [4.78, 5) is 0. The van der Waals surface area contributed by atoms with Crippen LogP contribution >= 0.6 is 0 Å². The topological polar surface area (TPSA) is 23.8 Å². The van der Waals surface area contributed by atoms with E-state index in [0.29, 0.717) is 11.8 Å². The molecule has 0 heterocycles. The minimum absolute atomic E-state index is 0.563. The van der Waals surface area contributed by atoms with Crippen LogP contribution in [-0.4, -0.2) is 0 Å². The summed E-state index contributed by atoms with van der Waals surface area (Å²) >= 11 is 0. The number of rotatable bonds is 2. The van der Waals surface area contributed by atoms with E-state index in [1.807, 2.05) is 24.3 Å². The van der Waals surface area contributed by atoms with E-state index in [9.17, 15) is 0 Å². The molecule has 0 aliphatic rings. The Balaban J connectivity index is 2.87. The second kappa shape index (κ2) is 4.09. The highest BCUT2D eigenvalue weighted by Gasteiger charge is 2.08. The lowest BCUT2D eigenvalue weighted by molar-refractivity contribution is 0.535. The predicted molar refractivity (Wildman–Crippen MR) is 54.4 cm³/mol. The van der Waals surface area contributed by atoms with E-state index in [1.165, 1.54) is 5.56 Å². The minimum atomic E-state index is 0.563. The molecule has 13 heavy (non-hydrogen) atoms. The largest absolute Gasteiger partial charge is 0.192 e. The molecule has 1 heteroatoms. The Labute approximate surface area is 80.0 Å². The average molecular weight is 173 g/mol. The van der Waals surface area contributed by atoms with Gasteiger partial charge in [0.2, 0.25) is 0 Å². The molecule has 0 radical (unpaired) electrons. The van der Waals surface area contributed by atoms with Crippen LogP contribution in [-0.2, 0) is 0 Å². The molecule has 1 aromatic rings. The highest BCUT2D eigenvalue weighted by molar-refractivity contribution is 5.32. The maximum atomic E-state index is 8.63. The van der Waals surface area contributed by atoms with E-state index in [-0.39, 0.29) is 0 Å². The van der Waals surface area contributed by atoms with Gasteiger partial charge >= 0.3 is 0 Å². The molecule has 0 saturated heterocycles. The van der Waals surface area contributed by atoms with E-state index >= 15 is 0 Å². The molecule has 0 unspecified atom stereocenters. The van der Waals surface area contributed by atoms with Crippen molar-refractivity contribution in [2.75, 3.05) is 0 Å². The lowest BCUT2D eigenvalue weighted by Gasteiger charge is -2.15. The molecule has 68 valence electrons. The second-order valence-electron chi connectivity index (χ2n) is 3.77. The third-order valence-electron chi connectivity index (χ3n) is 2.57. The molecule has 0 aliphatic heterocycles. The summed E-state index contributed by atoms with van der Waals surface area (Å²) in [7, 11) is 0. The van der Waals surface area contributed by atoms with Crippen LogP contribution in [0.5, 0.6) is 0 Å². The van der Waals surface area contributed by atoms with Crippen LogP contribution in [0.15, 0.2) is 24.3 Å². The molecule has 1 rings (SSSR count). The fourth-order valence-electron chi connectivity index (χ4n) is 1.25. The molecular weight excluding hydrogens is 158 g/mol. The van der Waals surface area contributed by atoms with E-state index in [4.69, 9.17) is 5.26 Å². The van der Waals surface area contributed by atoms with Gasteiger partial charge < -0.3 is 0 Å². The van der Waals surface area contributed by atoms with Gasteiger partial charge in [-0.1, -0.05) is 32.9 Å². The molecular formula is C12H15N. The van der Waals surface area contributed by atoms with E-state index < -0.39 is 0 Å². The minimum Gasteiger partial charge on any atom is -0.192 e. The molecule has 1 atom stereocenters.